The lowest BCUT2D eigenvalue weighted by atomic mass is 9.43. The Hall–Kier alpha value is -1.30. The topological polar surface area (TPSA) is 166 Å². The molecule has 10 heteroatoms. The molecule has 1 amide bonds. The third kappa shape index (κ3) is 5.65. The maximum atomic E-state index is 12.1. The number of carboxylic acids is 1. The zero-order valence-electron chi connectivity index (χ0n) is 25.7. The highest BCUT2D eigenvalue weighted by Crippen LogP contribution is 2.69. The second-order valence-corrected chi connectivity index (χ2v) is 14.9. The Morgan fingerprint density at radius 3 is 2.36 bits per heavy atom. The summed E-state index contributed by atoms with van der Waals surface area (Å²) in [6, 6.07) is -0.994. The third-order valence-electron chi connectivity index (χ3n) is 12.8. The Morgan fingerprint density at radius 1 is 1.00 bits per heavy atom. The van der Waals surface area contributed by atoms with E-state index in [2.05, 4.69) is 26.1 Å². The number of amides is 1. The zero-order valence-corrected chi connectivity index (χ0v) is 25.7. The van der Waals surface area contributed by atoms with Gasteiger partial charge in [-0.25, -0.2) is 0 Å². The van der Waals surface area contributed by atoms with Crippen LogP contribution in [0.5, 0.6) is 0 Å². The van der Waals surface area contributed by atoms with Crippen molar-refractivity contribution >= 4 is 11.9 Å². The summed E-state index contributed by atoms with van der Waals surface area (Å²) >= 11 is 0. The molecule has 5 rings (SSSR count). The Labute approximate surface area is 249 Å². The number of aliphatic carboxylic acids is 1. The molecule has 15 atom stereocenters. The molecule has 0 aromatic carbocycles. The Balaban J connectivity index is 1.47. The van der Waals surface area contributed by atoms with Gasteiger partial charge in [-0.15, -0.1) is 0 Å². The summed E-state index contributed by atoms with van der Waals surface area (Å²) in [6.07, 6.45) is 2.90. The van der Waals surface area contributed by atoms with E-state index in [1.807, 2.05) is 0 Å². The van der Waals surface area contributed by atoms with Gasteiger partial charge in [0.15, 0.2) is 6.29 Å². The van der Waals surface area contributed by atoms with Crippen LogP contribution in [0.4, 0.5) is 0 Å². The predicted octanol–water partition coefficient (Wildman–Crippen LogP) is 2.45. The Morgan fingerprint density at radius 2 is 1.69 bits per heavy atom. The van der Waals surface area contributed by atoms with Crippen LogP contribution in [0, 0.1) is 46.3 Å². The van der Waals surface area contributed by atoms with Crippen molar-refractivity contribution in [3.63, 3.8) is 0 Å². The molecule has 10 nitrogen and oxygen atoms in total. The molecule has 240 valence electrons. The van der Waals surface area contributed by atoms with Crippen molar-refractivity contribution in [3.8, 4) is 0 Å². The minimum atomic E-state index is -1.37. The fraction of sp³-hybridized carbons (Fsp3) is 0.938. The van der Waals surface area contributed by atoms with Gasteiger partial charge < -0.3 is 40.3 Å². The largest absolute Gasteiger partial charge is 0.481 e. The molecule has 4 unspecified atom stereocenters. The lowest BCUT2D eigenvalue weighted by Gasteiger charge is -2.63. The van der Waals surface area contributed by atoms with Gasteiger partial charge in [0.05, 0.1) is 18.8 Å². The minimum absolute atomic E-state index is 0.0475. The number of carboxylic acid groups (broad SMARTS) is 1. The van der Waals surface area contributed by atoms with Gasteiger partial charge in [0, 0.05) is 13.3 Å². The van der Waals surface area contributed by atoms with E-state index in [1.165, 1.54) is 6.92 Å². The molecule has 5 fully saturated rings. The summed E-state index contributed by atoms with van der Waals surface area (Å²) in [6.45, 7) is 7.86. The summed E-state index contributed by atoms with van der Waals surface area (Å²) in [4.78, 5) is 23.5. The van der Waals surface area contributed by atoms with Gasteiger partial charge in [0.25, 0.3) is 0 Å². The molecule has 4 aliphatic carbocycles. The van der Waals surface area contributed by atoms with Crippen LogP contribution in [-0.4, -0.2) is 86.9 Å². The molecule has 4 saturated carbocycles. The van der Waals surface area contributed by atoms with Gasteiger partial charge in [-0.05, 0) is 104 Å². The first-order valence-electron chi connectivity index (χ1n) is 16.2. The van der Waals surface area contributed by atoms with Gasteiger partial charge in [0.2, 0.25) is 5.91 Å². The van der Waals surface area contributed by atoms with E-state index in [1.54, 1.807) is 0 Å². The molecular formula is C32H53NO9. The van der Waals surface area contributed by atoms with E-state index in [9.17, 15) is 35.1 Å². The first-order valence-corrected chi connectivity index (χ1v) is 16.2. The molecule has 5 aliphatic rings. The minimum Gasteiger partial charge on any atom is -0.481 e. The molecule has 6 N–H and O–H groups in total. The quantitative estimate of drug-likeness (QED) is 0.231. The Kier molecular flexibility index (Phi) is 9.36. The standard InChI is InChI=1S/C32H53NO9/c1-16(5-8-25(37)38)20-6-7-21-26-22(10-12-32(20,21)4)31(3)11-9-19(36)13-18(31)14-23(26)41-30-27(33-17(2)35)29(40)28(39)24(15-34)42-30/h16,18-24,26-30,34,36,39-40H,5-15H2,1-4H3,(H,33,35)(H,37,38)/t16-,18+,19+,20-,21?,22?,23+,24+,26?,27+,28?,29+,30+,31+,32-/m1/s1. The highest BCUT2D eigenvalue weighted by molar-refractivity contribution is 5.73. The number of hydrogen-bond donors (Lipinski definition) is 6. The van der Waals surface area contributed by atoms with Crippen LogP contribution in [0.3, 0.4) is 0 Å². The van der Waals surface area contributed by atoms with Crippen LogP contribution in [0.2, 0.25) is 0 Å². The summed E-state index contributed by atoms with van der Waals surface area (Å²) in [7, 11) is 0. The number of fused-ring (bicyclic) bond motifs is 5. The van der Waals surface area contributed by atoms with E-state index in [4.69, 9.17) is 9.47 Å². The molecule has 42 heavy (non-hydrogen) atoms. The molecule has 0 bridgehead atoms. The van der Waals surface area contributed by atoms with Crippen molar-refractivity contribution in [1.29, 1.82) is 0 Å². The predicted molar refractivity (Wildman–Crippen MR) is 153 cm³/mol. The summed E-state index contributed by atoms with van der Waals surface area (Å²) in [5, 5.41) is 54.1. The van der Waals surface area contributed by atoms with Crippen LogP contribution in [-0.2, 0) is 19.1 Å². The molecule has 0 radical (unpaired) electrons. The van der Waals surface area contributed by atoms with E-state index in [0.29, 0.717) is 30.1 Å². The van der Waals surface area contributed by atoms with E-state index < -0.39 is 43.2 Å². The Bertz CT molecular complexity index is 995. The normalized spacial score (nSPS) is 49.3. The van der Waals surface area contributed by atoms with Gasteiger partial charge in [-0.3, -0.25) is 9.59 Å². The SMILES string of the molecule is CC(=O)N[C@@H]1[C@@H](O[C@H]2C[C@@H]3C[C@@H](O)CC[C@]3(C)C3CC[C@@]4(C)C(CC[C@@H]4[C@H](C)CCC(=O)O)C32)O[C@@H](CO)C(O)[C@H]1O. The second-order valence-electron chi connectivity index (χ2n) is 14.9. The van der Waals surface area contributed by atoms with Gasteiger partial charge in [0.1, 0.15) is 24.4 Å². The number of carbonyl (C=O) groups excluding carboxylic acids is 1. The number of aliphatic hydroxyl groups is 4. The lowest BCUT2D eigenvalue weighted by molar-refractivity contribution is -0.304. The van der Waals surface area contributed by atoms with Crippen molar-refractivity contribution in [2.45, 2.75) is 135 Å². The van der Waals surface area contributed by atoms with Gasteiger partial charge in [-0.2, -0.15) is 0 Å². The fourth-order valence-corrected chi connectivity index (χ4v) is 10.6. The molecule has 0 aromatic rings. The molecule has 1 aliphatic heterocycles. The molecule has 1 heterocycles. The van der Waals surface area contributed by atoms with Crippen LogP contribution in [0.1, 0.15) is 91.9 Å². The third-order valence-corrected chi connectivity index (χ3v) is 12.8. The van der Waals surface area contributed by atoms with E-state index in [0.717, 1.165) is 51.4 Å². The van der Waals surface area contributed by atoms with Gasteiger partial charge in [-0.1, -0.05) is 20.8 Å². The van der Waals surface area contributed by atoms with E-state index in [-0.39, 0.29) is 47.2 Å². The van der Waals surface area contributed by atoms with Crippen LogP contribution >= 0.6 is 0 Å². The summed E-state index contributed by atoms with van der Waals surface area (Å²) in [5.74, 6) is 0.814. The van der Waals surface area contributed by atoms with Crippen LogP contribution < -0.4 is 5.32 Å². The zero-order chi connectivity index (χ0) is 30.6. The van der Waals surface area contributed by atoms with Gasteiger partial charge >= 0.3 is 5.97 Å². The second kappa shape index (κ2) is 12.2. The molecule has 0 spiro atoms. The monoisotopic (exact) mass is 595 g/mol. The van der Waals surface area contributed by atoms with Crippen molar-refractivity contribution in [1.82, 2.24) is 5.32 Å². The maximum absolute atomic E-state index is 12.1. The van der Waals surface area contributed by atoms with Crippen molar-refractivity contribution in [2.75, 3.05) is 6.61 Å². The highest BCUT2D eigenvalue weighted by Gasteiger charge is 2.64. The summed E-state index contributed by atoms with van der Waals surface area (Å²) < 4.78 is 12.9. The number of hydrogen-bond acceptors (Lipinski definition) is 8. The first kappa shape index (κ1) is 32.1. The number of nitrogens with one attached hydrogen (secondary N) is 1. The highest BCUT2D eigenvalue weighted by atomic mass is 16.7. The number of aliphatic hydroxyl groups excluding tert-OH is 4. The number of ether oxygens (including phenoxy) is 2. The van der Waals surface area contributed by atoms with Crippen LogP contribution in [0.15, 0.2) is 0 Å². The smallest absolute Gasteiger partial charge is 0.303 e. The van der Waals surface area contributed by atoms with Crippen molar-refractivity contribution in [3.05, 3.63) is 0 Å². The average molecular weight is 596 g/mol. The summed E-state index contributed by atoms with van der Waals surface area (Å²) in [5.41, 5.74) is 0.123. The lowest BCUT2D eigenvalue weighted by Crippen LogP contribution is -2.66. The first-order chi connectivity index (χ1) is 19.8. The molecule has 1 saturated heterocycles. The maximum Gasteiger partial charge on any atom is 0.303 e. The number of rotatable bonds is 8. The van der Waals surface area contributed by atoms with Crippen LogP contribution in [0.25, 0.3) is 0 Å². The van der Waals surface area contributed by atoms with Crippen molar-refractivity contribution in [2.24, 2.45) is 46.3 Å². The molecular weight excluding hydrogens is 542 g/mol. The average Bonchev–Trinajstić information content (AvgIpc) is 3.29. The fourth-order valence-electron chi connectivity index (χ4n) is 10.6. The molecule has 0 aromatic heterocycles. The van der Waals surface area contributed by atoms with Crippen molar-refractivity contribution < 1.29 is 44.6 Å². The number of carbonyl (C=O) groups is 2. The van der Waals surface area contributed by atoms with E-state index >= 15 is 0 Å².